The molecular weight excluding hydrogens is 426 g/mol. The van der Waals surface area contributed by atoms with Crippen LogP contribution in [0.15, 0.2) is 48.5 Å². The minimum atomic E-state index is -2.94. The number of fused-ring (bicyclic) bond motifs is 1. The van der Waals surface area contributed by atoms with E-state index in [2.05, 4.69) is 9.72 Å². The molecule has 33 heavy (non-hydrogen) atoms. The van der Waals surface area contributed by atoms with Crippen molar-refractivity contribution in [1.29, 1.82) is 0 Å². The lowest BCUT2D eigenvalue weighted by molar-refractivity contribution is -0.0503. The lowest BCUT2D eigenvalue weighted by atomic mass is 9.93. The minimum absolute atomic E-state index is 0.0269. The van der Waals surface area contributed by atoms with Gasteiger partial charge in [0.25, 0.3) is 5.91 Å². The number of benzene rings is 2. The molecule has 0 saturated heterocycles. The van der Waals surface area contributed by atoms with Crippen LogP contribution in [0.1, 0.15) is 43.9 Å². The van der Waals surface area contributed by atoms with Crippen molar-refractivity contribution in [3.05, 3.63) is 87.6 Å². The molecule has 0 radical (unpaired) electrons. The summed E-state index contributed by atoms with van der Waals surface area (Å²) in [6.45, 7) is 3.79. The molecule has 0 spiro atoms. The van der Waals surface area contributed by atoms with Crippen molar-refractivity contribution < 1.29 is 23.0 Å². The topological polar surface area (TPSA) is 51.7 Å². The zero-order valence-corrected chi connectivity index (χ0v) is 18.9. The number of aryl methyl sites for hydroxylation is 2. The Hall–Kier alpha value is -3.48. The van der Waals surface area contributed by atoms with E-state index in [9.17, 15) is 13.6 Å². The number of aromatic nitrogens is 1. The summed E-state index contributed by atoms with van der Waals surface area (Å²) in [6, 6.07) is 15.0. The fourth-order valence-electron chi connectivity index (χ4n) is 4.20. The van der Waals surface area contributed by atoms with Gasteiger partial charge in [-0.15, -0.1) is 0 Å². The van der Waals surface area contributed by atoms with Gasteiger partial charge in [-0.3, -0.25) is 4.79 Å². The summed E-state index contributed by atoms with van der Waals surface area (Å²) < 4.78 is 36.2. The third-order valence-electron chi connectivity index (χ3n) is 5.87. The molecule has 0 fully saturated rings. The maximum atomic E-state index is 13.4. The van der Waals surface area contributed by atoms with Crippen molar-refractivity contribution >= 4 is 5.91 Å². The van der Waals surface area contributed by atoms with Crippen LogP contribution in [0.5, 0.6) is 11.6 Å². The lowest BCUT2D eigenvalue weighted by Crippen LogP contribution is -2.38. The molecule has 0 unspecified atom stereocenters. The highest BCUT2D eigenvalue weighted by molar-refractivity contribution is 5.98. The molecule has 0 aliphatic carbocycles. The average molecular weight is 453 g/mol. The average Bonchev–Trinajstić information content (AvgIpc) is 2.78. The molecule has 2 aromatic carbocycles. The van der Waals surface area contributed by atoms with Gasteiger partial charge in [0.15, 0.2) is 0 Å². The van der Waals surface area contributed by atoms with Crippen LogP contribution in [0, 0.1) is 20.8 Å². The summed E-state index contributed by atoms with van der Waals surface area (Å²) in [5.74, 6) is 0.322. The van der Waals surface area contributed by atoms with Crippen LogP contribution in [-0.2, 0) is 19.6 Å². The SMILES string of the molecule is Cc1cc(C)c(CN2CCc3ccc(OC(F)F)c(C)c3C2=O)c(OCc2ccccc2)n1. The van der Waals surface area contributed by atoms with E-state index in [0.29, 0.717) is 43.1 Å². The minimum Gasteiger partial charge on any atom is -0.473 e. The Morgan fingerprint density at radius 3 is 2.58 bits per heavy atom. The van der Waals surface area contributed by atoms with Crippen LogP contribution in [0.3, 0.4) is 0 Å². The third-order valence-corrected chi connectivity index (χ3v) is 5.87. The first-order valence-electron chi connectivity index (χ1n) is 10.8. The van der Waals surface area contributed by atoms with Gasteiger partial charge in [-0.25, -0.2) is 4.98 Å². The predicted molar refractivity (Wildman–Crippen MR) is 121 cm³/mol. The van der Waals surface area contributed by atoms with Crippen molar-refractivity contribution in [2.45, 2.75) is 47.0 Å². The van der Waals surface area contributed by atoms with Gasteiger partial charge in [-0.1, -0.05) is 36.4 Å². The number of hydrogen-bond donors (Lipinski definition) is 0. The van der Waals surface area contributed by atoms with E-state index in [1.165, 1.54) is 6.07 Å². The molecule has 1 amide bonds. The molecule has 0 bridgehead atoms. The number of nitrogens with zero attached hydrogens (tertiary/aromatic N) is 2. The van der Waals surface area contributed by atoms with Crippen LogP contribution >= 0.6 is 0 Å². The number of rotatable bonds is 7. The van der Waals surface area contributed by atoms with Gasteiger partial charge in [0.2, 0.25) is 5.88 Å². The largest absolute Gasteiger partial charge is 0.473 e. The van der Waals surface area contributed by atoms with Gasteiger partial charge in [-0.05, 0) is 56.0 Å². The highest BCUT2D eigenvalue weighted by Gasteiger charge is 2.29. The molecule has 0 N–H and O–H groups in total. The first-order chi connectivity index (χ1) is 15.8. The number of alkyl halides is 2. The van der Waals surface area contributed by atoms with Gasteiger partial charge >= 0.3 is 6.61 Å². The van der Waals surface area contributed by atoms with Crippen LogP contribution in [-0.4, -0.2) is 28.9 Å². The number of ether oxygens (including phenoxy) is 2. The molecule has 1 aliphatic rings. The molecule has 172 valence electrons. The first-order valence-corrected chi connectivity index (χ1v) is 10.8. The van der Waals surface area contributed by atoms with Gasteiger partial charge in [0, 0.05) is 28.9 Å². The fourth-order valence-corrected chi connectivity index (χ4v) is 4.20. The number of carbonyl (C=O) groups excluding carboxylic acids is 1. The van der Waals surface area contributed by atoms with Crippen molar-refractivity contribution in [2.24, 2.45) is 0 Å². The smallest absolute Gasteiger partial charge is 0.387 e. The number of halogens is 2. The Bertz CT molecular complexity index is 1170. The second-order valence-corrected chi connectivity index (χ2v) is 8.22. The number of amides is 1. The molecule has 4 rings (SSSR count). The van der Waals surface area contributed by atoms with Gasteiger partial charge in [-0.2, -0.15) is 8.78 Å². The van der Waals surface area contributed by atoms with Crippen molar-refractivity contribution in [1.82, 2.24) is 9.88 Å². The molecular formula is C26H26F2N2O3. The molecule has 0 saturated carbocycles. The fraction of sp³-hybridized carbons (Fsp3) is 0.308. The zero-order chi connectivity index (χ0) is 23.5. The van der Waals surface area contributed by atoms with Crippen LogP contribution < -0.4 is 9.47 Å². The van der Waals surface area contributed by atoms with Crippen molar-refractivity contribution in [2.75, 3.05) is 6.54 Å². The number of hydrogen-bond acceptors (Lipinski definition) is 4. The monoisotopic (exact) mass is 452 g/mol. The van der Waals surface area contributed by atoms with E-state index < -0.39 is 6.61 Å². The third kappa shape index (κ3) is 4.97. The Morgan fingerprint density at radius 2 is 1.85 bits per heavy atom. The number of carbonyl (C=O) groups is 1. The number of pyridine rings is 1. The molecule has 5 nitrogen and oxygen atoms in total. The van der Waals surface area contributed by atoms with Crippen LogP contribution in [0.4, 0.5) is 8.78 Å². The molecule has 0 atom stereocenters. The van der Waals surface area contributed by atoms with E-state index in [0.717, 1.165) is 27.9 Å². The van der Waals surface area contributed by atoms with E-state index in [-0.39, 0.29) is 11.7 Å². The summed E-state index contributed by atoms with van der Waals surface area (Å²) in [6.07, 6.45) is 0.634. The predicted octanol–water partition coefficient (Wildman–Crippen LogP) is 5.39. The Labute approximate surface area is 192 Å². The maximum Gasteiger partial charge on any atom is 0.387 e. The summed E-state index contributed by atoms with van der Waals surface area (Å²) >= 11 is 0. The Kier molecular flexibility index (Phi) is 6.58. The van der Waals surface area contributed by atoms with Crippen LogP contribution in [0.2, 0.25) is 0 Å². The highest BCUT2D eigenvalue weighted by Crippen LogP contribution is 2.32. The zero-order valence-electron chi connectivity index (χ0n) is 18.9. The standard InChI is InChI=1S/C26H26F2N2O3/c1-16-13-17(2)29-24(32-15-19-7-5-4-6-8-19)21(16)14-30-12-11-20-9-10-22(33-26(27)28)18(3)23(20)25(30)31/h4-10,13,26H,11-12,14-15H2,1-3H3. The lowest BCUT2D eigenvalue weighted by Gasteiger charge is -2.31. The van der Waals surface area contributed by atoms with Gasteiger partial charge < -0.3 is 14.4 Å². The van der Waals surface area contributed by atoms with E-state index in [1.807, 2.05) is 50.2 Å². The summed E-state index contributed by atoms with van der Waals surface area (Å²) in [7, 11) is 0. The molecule has 1 aliphatic heterocycles. The molecule has 2 heterocycles. The maximum absolute atomic E-state index is 13.4. The van der Waals surface area contributed by atoms with E-state index >= 15 is 0 Å². The highest BCUT2D eigenvalue weighted by atomic mass is 19.3. The van der Waals surface area contributed by atoms with Crippen molar-refractivity contribution in [3.8, 4) is 11.6 Å². The quantitative estimate of drug-likeness (QED) is 0.483. The summed E-state index contributed by atoms with van der Waals surface area (Å²) in [4.78, 5) is 19.7. The van der Waals surface area contributed by atoms with Gasteiger partial charge in [0.05, 0.1) is 6.54 Å². The first kappa shape index (κ1) is 22.7. The van der Waals surface area contributed by atoms with Crippen LogP contribution in [0.25, 0.3) is 0 Å². The molecule has 3 aromatic rings. The normalized spacial score (nSPS) is 13.3. The van der Waals surface area contributed by atoms with E-state index in [4.69, 9.17) is 4.74 Å². The van der Waals surface area contributed by atoms with Crippen molar-refractivity contribution in [3.63, 3.8) is 0 Å². The Balaban J connectivity index is 1.60. The summed E-state index contributed by atoms with van der Waals surface area (Å²) in [5, 5.41) is 0. The molecule has 1 aromatic heterocycles. The second-order valence-electron chi connectivity index (χ2n) is 8.22. The summed E-state index contributed by atoms with van der Waals surface area (Å²) in [5.41, 5.74) is 5.39. The van der Waals surface area contributed by atoms with Gasteiger partial charge in [0.1, 0.15) is 12.4 Å². The second kappa shape index (κ2) is 9.57. The molecule has 7 heteroatoms. The van der Waals surface area contributed by atoms with E-state index in [1.54, 1.807) is 17.9 Å². The Morgan fingerprint density at radius 1 is 1.09 bits per heavy atom.